The van der Waals surface area contributed by atoms with Crippen molar-refractivity contribution in [1.29, 1.82) is 0 Å². The molecule has 2 aliphatic heterocycles. The summed E-state index contributed by atoms with van der Waals surface area (Å²) >= 11 is 0. The Balaban J connectivity index is 0.00000147. The molecule has 4 heteroatoms. The fourth-order valence-corrected chi connectivity index (χ4v) is 4.29. The van der Waals surface area contributed by atoms with Gasteiger partial charge in [-0.2, -0.15) is 0 Å². The maximum atomic E-state index is 12.1. The van der Waals surface area contributed by atoms with Gasteiger partial charge < -0.3 is 10.6 Å². The lowest BCUT2D eigenvalue weighted by Gasteiger charge is -2.41. The van der Waals surface area contributed by atoms with E-state index in [1.54, 1.807) is 0 Å². The number of carbonyl (C=O) groups excluding carboxylic acids is 1. The number of carbonyl (C=O) groups is 1. The Morgan fingerprint density at radius 3 is 2.40 bits per heavy atom. The summed E-state index contributed by atoms with van der Waals surface area (Å²) < 4.78 is 0. The third-order valence-corrected chi connectivity index (χ3v) is 5.87. The molecule has 2 N–H and O–H groups in total. The molecule has 1 amide bonds. The van der Waals surface area contributed by atoms with E-state index in [1.165, 1.54) is 51.4 Å². The highest BCUT2D eigenvalue weighted by Crippen LogP contribution is 2.43. The minimum atomic E-state index is 0. The molecular formula is C16H29ClN2O. The Morgan fingerprint density at radius 2 is 1.90 bits per heavy atom. The first kappa shape index (κ1) is 16.1. The highest BCUT2D eigenvalue weighted by atomic mass is 35.5. The average molecular weight is 301 g/mol. The molecule has 3 nitrogen and oxygen atoms in total. The zero-order valence-electron chi connectivity index (χ0n) is 12.6. The van der Waals surface area contributed by atoms with Gasteiger partial charge in [-0.3, -0.25) is 4.79 Å². The van der Waals surface area contributed by atoms with Gasteiger partial charge in [-0.05, 0) is 56.3 Å². The molecule has 2 atom stereocenters. The van der Waals surface area contributed by atoms with E-state index in [-0.39, 0.29) is 12.4 Å². The fraction of sp³-hybridized carbons (Fsp3) is 0.938. The average Bonchev–Trinajstić information content (AvgIpc) is 2.68. The van der Waals surface area contributed by atoms with Crippen LogP contribution in [-0.4, -0.2) is 24.5 Å². The summed E-state index contributed by atoms with van der Waals surface area (Å²) in [7, 11) is 0. The van der Waals surface area contributed by atoms with E-state index >= 15 is 0 Å². The largest absolute Gasteiger partial charge is 0.356 e. The number of amides is 1. The number of piperidine rings is 1. The molecule has 0 aromatic rings. The van der Waals surface area contributed by atoms with Gasteiger partial charge in [-0.1, -0.05) is 13.3 Å². The van der Waals surface area contributed by atoms with E-state index in [2.05, 4.69) is 17.6 Å². The number of hydrogen-bond donors (Lipinski definition) is 2. The summed E-state index contributed by atoms with van der Waals surface area (Å²) in [5, 5.41) is 6.86. The third-order valence-electron chi connectivity index (χ3n) is 5.87. The van der Waals surface area contributed by atoms with Crippen molar-refractivity contribution in [3.05, 3.63) is 0 Å². The van der Waals surface area contributed by atoms with Crippen LogP contribution in [0.25, 0.3) is 0 Å². The molecule has 3 rings (SSSR count). The van der Waals surface area contributed by atoms with Gasteiger partial charge in [0.25, 0.3) is 0 Å². The molecule has 3 aliphatic rings. The van der Waals surface area contributed by atoms with E-state index in [1.807, 2.05) is 0 Å². The highest BCUT2D eigenvalue weighted by Gasteiger charge is 2.36. The van der Waals surface area contributed by atoms with Crippen LogP contribution in [0.4, 0.5) is 0 Å². The second kappa shape index (κ2) is 6.65. The minimum absolute atomic E-state index is 0. The molecule has 0 radical (unpaired) electrons. The molecule has 3 fully saturated rings. The van der Waals surface area contributed by atoms with E-state index in [9.17, 15) is 4.79 Å². The van der Waals surface area contributed by atoms with Crippen LogP contribution in [0.1, 0.15) is 64.7 Å². The summed E-state index contributed by atoms with van der Waals surface area (Å²) in [6, 6.07) is 1.40. The molecule has 2 heterocycles. The zero-order chi connectivity index (χ0) is 13.3. The van der Waals surface area contributed by atoms with Crippen LogP contribution in [0, 0.1) is 11.3 Å². The van der Waals surface area contributed by atoms with Crippen molar-refractivity contribution in [3.8, 4) is 0 Å². The summed E-state index contributed by atoms with van der Waals surface area (Å²) in [6.45, 7) is 3.18. The Bertz CT molecular complexity index is 326. The van der Waals surface area contributed by atoms with Crippen LogP contribution >= 0.6 is 12.4 Å². The predicted molar refractivity (Wildman–Crippen MR) is 84.1 cm³/mol. The summed E-state index contributed by atoms with van der Waals surface area (Å²) in [5.41, 5.74) is 0.447. The monoisotopic (exact) mass is 300 g/mol. The van der Waals surface area contributed by atoms with E-state index in [4.69, 9.17) is 0 Å². The van der Waals surface area contributed by atoms with Gasteiger partial charge in [0.15, 0.2) is 0 Å². The standard InChI is InChI=1S/C16H28N2O.ClH/c1-2-16(6-3-7-16)11-17-15(19)10-12-8-13-4-5-14(9-12)18-13;/h12-14,18H,2-11H2,1H3,(H,17,19);1H. The van der Waals surface area contributed by atoms with Crippen LogP contribution in [0.5, 0.6) is 0 Å². The number of rotatable bonds is 5. The first-order valence-corrected chi connectivity index (χ1v) is 8.22. The highest BCUT2D eigenvalue weighted by molar-refractivity contribution is 5.85. The van der Waals surface area contributed by atoms with Gasteiger partial charge in [0, 0.05) is 25.0 Å². The maximum absolute atomic E-state index is 12.1. The number of halogens is 1. The zero-order valence-corrected chi connectivity index (χ0v) is 13.4. The Labute approximate surface area is 129 Å². The van der Waals surface area contributed by atoms with Crippen molar-refractivity contribution in [2.45, 2.75) is 76.8 Å². The normalized spacial score (nSPS) is 34.0. The molecule has 116 valence electrons. The van der Waals surface area contributed by atoms with Crippen molar-refractivity contribution >= 4 is 18.3 Å². The molecular weight excluding hydrogens is 272 g/mol. The Kier molecular flexibility index (Phi) is 5.36. The van der Waals surface area contributed by atoms with E-state index in [0.29, 0.717) is 29.3 Å². The molecule has 0 aromatic carbocycles. The topological polar surface area (TPSA) is 41.1 Å². The lowest BCUT2D eigenvalue weighted by Crippen LogP contribution is -2.43. The second-order valence-electron chi connectivity index (χ2n) is 7.16. The van der Waals surface area contributed by atoms with Crippen LogP contribution < -0.4 is 10.6 Å². The maximum Gasteiger partial charge on any atom is 0.220 e. The number of nitrogens with one attached hydrogen (secondary N) is 2. The first-order valence-electron chi connectivity index (χ1n) is 8.22. The molecule has 20 heavy (non-hydrogen) atoms. The van der Waals surface area contributed by atoms with Gasteiger partial charge in [-0.25, -0.2) is 0 Å². The fourth-order valence-electron chi connectivity index (χ4n) is 4.29. The SMILES string of the molecule is CCC1(CNC(=O)CC2CC3CCC(C2)N3)CCC1.Cl. The van der Waals surface area contributed by atoms with E-state index in [0.717, 1.165) is 13.0 Å². The molecule has 1 saturated carbocycles. The molecule has 2 saturated heterocycles. The van der Waals surface area contributed by atoms with Crippen LogP contribution in [0.3, 0.4) is 0 Å². The third kappa shape index (κ3) is 3.48. The van der Waals surface area contributed by atoms with Gasteiger partial charge in [0.05, 0.1) is 0 Å². The Morgan fingerprint density at radius 1 is 1.25 bits per heavy atom. The van der Waals surface area contributed by atoms with E-state index < -0.39 is 0 Å². The van der Waals surface area contributed by atoms with Gasteiger partial charge in [0.1, 0.15) is 0 Å². The van der Waals surface area contributed by atoms with Crippen LogP contribution in [-0.2, 0) is 4.79 Å². The quantitative estimate of drug-likeness (QED) is 0.819. The first-order chi connectivity index (χ1) is 9.19. The van der Waals surface area contributed by atoms with Crippen molar-refractivity contribution in [1.82, 2.24) is 10.6 Å². The van der Waals surface area contributed by atoms with Crippen LogP contribution in [0.2, 0.25) is 0 Å². The van der Waals surface area contributed by atoms with Crippen LogP contribution in [0.15, 0.2) is 0 Å². The summed E-state index contributed by atoms with van der Waals surface area (Å²) in [5.74, 6) is 0.920. The van der Waals surface area contributed by atoms with Gasteiger partial charge in [-0.15, -0.1) is 12.4 Å². The Hall–Kier alpha value is -0.280. The van der Waals surface area contributed by atoms with Crippen molar-refractivity contribution < 1.29 is 4.79 Å². The van der Waals surface area contributed by atoms with Gasteiger partial charge >= 0.3 is 0 Å². The molecule has 0 aromatic heterocycles. The predicted octanol–water partition coefficient (Wildman–Crippen LogP) is 3.03. The van der Waals surface area contributed by atoms with Crippen molar-refractivity contribution in [2.24, 2.45) is 11.3 Å². The summed E-state index contributed by atoms with van der Waals surface area (Å²) in [4.78, 5) is 12.1. The summed E-state index contributed by atoms with van der Waals surface area (Å²) in [6.07, 6.45) is 11.0. The smallest absolute Gasteiger partial charge is 0.220 e. The second-order valence-corrected chi connectivity index (χ2v) is 7.16. The number of fused-ring (bicyclic) bond motifs is 2. The number of hydrogen-bond acceptors (Lipinski definition) is 2. The molecule has 1 aliphatic carbocycles. The molecule has 0 spiro atoms. The lowest BCUT2D eigenvalue weighted by atomic mass is 9.67. The van der Waals surface area contributed by atoms with Gasteiger partial charge in [0.2, 0.25) is 5.91 Å². The van der Waals surface area contributed by atoms with Crippen molar-refractivity contribution in [3.63, 3.8) is 0 Å². The molecule has 2 unspecified atom stereocenters. The lowest BCUT2D eigenvalue weighted by molar-refractivity contribution is -0.123. The minimum Gasteiger partial charge on any atom is -0.356 e. The van der Waals surface area contributed by atoms with Crippen molar-refractivity contribution in [2.75, 3.05) is 6.54 Å². The molecule has 2 bridgehead atoms.